The van der Waals surface area contributed by atoms with Gasteiger partial charge in [-0.25, -0.2) is 4.79 Å². The summed E-state index contributed by atoms with van der Waals surface area (Å²) in [5.41, 5.74) is 3.03. The number of thioether (sulfide) groups is 1. The number of H-pyrrole nitrogens is 2. The summed E-state index contributed by atoms with van der Waals surface area (Å²) < 4.78 is 5.83. The molecule has 1 aromatic carbocycles. The van der Waals surface area contributed by atoms with E-state index in [1.165, 1.54) is 28.6 Å². The van der Waals surface area contributed by atoms with E-state index in [1.807, 2.05) is 0 Å². The third-order valence-corrected chi connectivity index (χ3v) is 7.54. The number of carbonyl (C=O) groups is 1. The molecule has 0 unspecified atom stereocenters. The highest BCUT2D eigenvalue weighted by molar-refractivity contribution is 8.00. The molecule has 0 saturated carbocycles. The van der Waals surface area contributed by atoms with E-state index in [0.29, 0.717) is 33.8 Å². The molecule has 0 aliphatic heterocycles. The molecule has 0 fully saturated rings. The standard InChI is InChI=1S/C21H21N5O3S2/c1-10-3-6-16-12(7-10)8-17(31-16)19-25-26-21(29-19)30-11(2)18(27)22-13-4-5-14-15(9-13)24-20(28)23-14/h4-5,8-11H,3,6-7H2,1-2H3,(H,22,27)(H2,23,24,28)/t10-,11+/m0/s1. The highest BCUT2D eigenvalue weighted by Crippen LogP contribution is 2.37. The summed E-state index contributed by atoms with van der Waals surface area (Å²) in [5.74, 6) is 1.02. The zero-order valence-electron chi connectivity index (χ0n) is 17.0. The van der Waals surface area contributed by atoms with Gasteiger partial charge in [0.1, 0.15) is 0 Å². The summed E-state index contributed by atoms with van der Waals surface area (Å²) in [6, 6.07) is 7.36. The largest absolute Gasteiger partial charge is 0.410 e. The smallest absolute Gasteiger partial charge is 0.323 e. The van der Waals surface area contributed by atoms with Gasteiger partial charge in [0.05, 0.1) is 21.2 Å². The van der Waals surface area contributed by atoms with Crippen molar-refractivity contribution >= 4 is 45.7 Å². The molecule has 10 heteroatoms. The Morgan fingerprint density at radius 1 is 1.29 bits per heavy atom. The summed E-state index contributed by atoms with van der Waals surface area (Å²) in [7, 11) is 0. The number of nitrogens with one attached hydrogen (secondary N) is 3. The molecule has 1 aliphatic carbocycles. The molecule has 2 atom stereocenters. The maximum absolute atomic E-state index is 12.6. The minimum Gasteiger partial charge on any atom is -0.410 e. The molecule has 1 amide bonds. The molecule has 0 spiro atoms. The number of carbonyl (C=O) groups excluding carboxylic acids is 1. The average molecular weight is 456 g/mol. The van der Waals surface area contributed by atoms with E-state index < -0.39 is 5.25 Å². The van der Waals surface area contributed by atoms with E-state index in [1.54, 1.807) is 36.5 Å². The lowest BCUT2D eigenvalue weighted by Gasteiger charge is -2.16. The van der Waals surface area contributed by atoms with Gasteiger partial charge in [-0.3, -0.25) is 4.79 Å². The van der Waals surface area contributed by atoms with Crippen LogP contribution >= 0.6 is 23.1 Å². The van der Waals surface area contributed by atoms with Crippen LogP contribution in [0.2, 0.25) is 0 Å². The molecule has 0 radical (unpaired) electrons. The first kappa shape index (κ1) is 20.1. The van der Waals surface area contributed by atoms with Crippen LogP contribution in [-0.2, 0) is 17.6 Å². The molecule has 5 rings (SSSR count). The van der Waals surface area contributed by atoms with Gasteiger partial charge in [0.25, 0.3) is 11.1 Å². The number of aromatic nitrogens is 4. The SMILES string of the molecule is C[C@H]1CCc2sc(-c3nnc(S[C@H](C)C(=O)Nc4ccc5[nH]c(=O)[nH]c5c4)o3)cc2C1. The summed E-state index contributed by atoms with van der Waals surface area (Å²) >= 11 is 2.94. The molecular weight excluding hydrogens is 434 g/mol. The molecular formula is C21H21N5O3S2. The maximum atomic E-state index is 12.6. The summed E-state index contributed by atoms with van der Waals surface area (Å²) in [5, 5.41) is 11.1. The lowest BCUT2D eigenvalue weighted by Crippen LogP contribution is -2.22. The number of fused-ring (bicyclic) bond motifs is 2. The fraction of sp³-hybridized carbons (Fsp3) is 0.333. The van der Waals surface area contributed by atoms with Crippen molar-refractivity contribution in [3.05, 3.63) is 45.2 Å². The third kappa shape index (κ3) is 4.17. The van der Waals surface area contributed by atoms with Crippen molar-refractivity contribution in [1.82, 2.24) is 20.2 Å². The Morgan fingerprint density at radius 2 is 2.13 bits per heavy atom. The van der Waals surface area contributed by atoms with Crippen LogP contribution in [0.4, 0.5) is 5.69 Å². The van der Waals surface area contributed by atoms with Gasteiger partial charge in [0.15, 0.2) is 0 Å². The topological polar surface area (TPSA) is 117 Å². The van der Waals surface area contributed by atoms with E-state index in [4.69, 9.17) is 4.42 Å². The van der Waals surface area contributed by atoms with Crippen LogP contribution in [0.1, 0.15) is 30.7 Å². The number of amides is 1. The zero-order chi connectivity index (χ0) is 21.5. The fourth-order valence-electron chi connectivity index (χ4n) is 3.73. The number of benzene rings is 1. The average Bonchev–Trinajstić information content (AvgIpc) is 3.44. The van der Waals surface area contributed by atoms with E-state index in [2.05, 4.69) is 38.5 Å². The maximum Gasteiger partial charge on any atom is 0.323 e. The molecule has 31 heavy (non-hydrogen) atoms. The Labute approximate surface area is 185 Å². The fourth-order valence-corrected chi connectivity index (χ4v) is 5.54. The predicted octanol–water partition coefficient (Wildman–Crippen LogP) is 4.21. The van der Waals surface area contributed by atoms with Crippen LogP contribution in [-0.4, -0.2) is 31.3 Å². The quantitative estimate of drug-likeness (QED) is 0.388. The van der Waals surface area contributed by atoms with Gasteiger partial charge in [-0.2, -0.15) is 0 Å². The van der Waals surface area contributed by atoms with Crippen LogP contribution in [0.3, 0.4) is 0 Å². The molecule has 8 nitrogen and oxygen atoms in total. The second kappa shape index (κ2) is 8.01. The summed E-state index contributed by atoms with van der Waals surface area (Å²) in [4.78, 5) is 31.7. The first-order valence-electron chi connectivity index (χ1n) is 10.1. The highest BCUT2D eigenvalue weighted by Gasteiger charge is 2.23. The Bertz CT molecular complexity index is 1320. The van der Waals surface area contributed by atoms with Gasteiger partial charge in [-0.15, -0.1) is 21.5 Å². The first-order chi connectivity index (χ1) is 14.9. The summed E-state index contributed by atoms with van der Waals surface area (Å²) in [6.07, 6.45) is 3.43. The van der Waals surface area contributed by atoms with Crippen molar-refractivity contribution in [2.75, 3.05) is 5.32 Å². The molecule has 0 bridgehead atoms. The Morgan fingerprint density at radius 3 is 3.00 bits per heavy atom. The van der Waals surface area contributed by atoms with Crippen LogP contribution in [0, 0.1) is 5.92 Å². The second-order valence-electron chi connectivity index (χ2n) is 7.87. The number of aryl methyl sites for hydroxylation is 1. The minimum absolute atomic E-state index is 0.192. The molecule has 3 N–H and O–H groups in total. The summed E-state index contributed by atoms with van der Waals surface area (Å²) in [6.45, 7) is 4.07. The number of nitrogens with zero attached hydrogens (tertiary/aromatic N) is 2. The van der Waals surface area contributed by atoms with Crippen molar-refractivity contribution in [1.29, 1.82) is 0 Å². The highest BCUT2D eigenvalue weighted by atomic mass is 32.2. The van der Waals surface area contributed by atoms with E-state index >= 15 is 0 Å². The molecule has 1 aliphatic rings. The third-order valence-electron chi connectivity index (χ3n) is 5.38. The number of hydrogen-bond acceptors (Lipinski definition) is 7. The van der Waals surface area contributed by atoms with Gasteiger partial charge in [-0.1, -0.05) is 18.7 Å². The zero-order valence-corrected chi connectivity index (χ0v) is 18.7. The lowest BCUT2D eigenvalue weighted by molar-refractivity contribution is -0.115. The lowest BCUT2D eigenvalue weighted by atomic mass is 9.90. The van der Waals surface area contributed by atoms with Gasteiger partial charge in [-0.05, 0) is 61.9 Å². The van der Waals surface area contributed by atoms with Gasteiger partial charge < -0.3 is 19.7 Å². The molecule has 3 heterocycles. The number of aromatic amines is 2. The van der Waals surface area contributed by atoms with E-state index in [9.17, 15) is 9.59 Å². The number of rotatable bonds is 5. The van der Waals surface area contributed by atoms with Crippen LogP contribution in [0.15, 0.2) is 38.7 Å². The monoisotopic (exact) mass is 455 g/mol. The van der Waals surface area contributed by atoms with Crippen molar-refractivity contribution < 1.29 is 9.21 Å². The van der Waals surface area contributed by atoms with Gasteiger partial charge in [0.2, 0.25) is 5.91 Å². The number of imidazole rings is 1. The van der Waals surface area contributed by atoms with Crippen LogP contribution < -0.4 is 11.0 Å². The number of thiophene rings is 1. The van der Waals surface area contributed by atoms with Crippen LogP contribution in [0.25, 0.3) is 21.8 Å². The van der Waals surface area contributed by atoms with Crippen molar-refractivity contribution in [2.45, 2.75) is 43.6 Å². The Kier molecular flexibility index (Phi) is 5.19. The molecule has 3 aromatic heterocycles. The van der Waals surface area contributed by atoms with Gasteiger partial charge >= 0.3 is 5.69 Å². The number of anilines is 1. The normalized spacial score (nSPS) is 16.9. The van der Waals surface area contributed by atoms with Crippen molar-refractivity contribution in [3.63, 3.8) is 0 Å². The Balaban J connectivity index is 1.25. The van der Waals surface area contributed by atoms with Gasteiger partial charge in [0, 0.05) is 10.6 Å². The Hall–Kier alpha value is -2.85. The van der Waals surface area contributed by atoms with Crippen LogP contribution in [0.5, 0.6) is 0 Å². The van der Waals surface area contributed by atoms with Crippen molar-refractivity contribution in [2.24, 2.45) is 5.92 Å². The molecule has 0 saturated heterocycles. The molecule has 160 valence electrons. The van der Waals surface area contributed by atoms with E-state index in [-0.39, 0.29) is 11.6 Å². The predicted molar refractivity (Wildman–Crippen MR) is 122 cm³/mol. The second-order valence-corrected chi connectivity index (χ2v) is 10.3. The van der Waals surface area contributed by atoms with E-state index in [0.717, 1.165) is 17.7 Å². The number of hydrogen-bond donors (Lipinski definition) is 3. The van der Waals surface area contributed by atoms with Crippen molar-refractivity contribution in [3.8, 4) is 10.8 Å². The minimum atomic E-state index is -0.438. The molecule has 4 aromatic rings. The first-order valence-corrected chi connectivity index (χ1v) is 11.8.